The van der Waals surface area contributed by atoms with Crippen LogP contribution in [0.2, 0.25) is 0 Å². The van der Waals surface area contributed by atoms with E-state index in [9.17, 15) is 4.79 Å². The van der Waals surface area contributed by atoms with Crippen molar-refractivity contribution >= 4 is 5.91 Å². The molecule has 0 atom stereocenters. The van der Waals surface area contributed by atoms with Gasteiger partial charge in [-0.05, 0) is 37.0 Å². The highest BCUT2D eigenvalue weighted by atomic mass is 16.2. The Morgan fingerprint density at radius 3 is 2.44 bits per heavy atom. The van der Waals surface area contributed by atoms with Gasteiger partial charge in [0.1, 0.15) is 0 Å². The zero-order valence-corrected chi connectivity index (χ0v) is 11.1. The molecule has 1 fully saturated rings. The molecule has 18 heavy (non-hydrogen) atoms. The predicted molar refractivity (Wildman–Crippen MR) is 73.5 cm³/mol. The van der Waals surface area contributed by atoms with Gasteiger partial charge in [0.15, 0.2) is 0 Å². The van der Waals surface area contributed by atoms with Gasteiger partial charge in [-0.15, -0.1) is 0 Å². The Hall–Kier alpha value is -1.35. The van der Waals surface area contributed by atoms with Crippen LogP contribution < -0.4 is 5.73 Å². The Morgan fingerprint density at radius 1 is 1.28 bits per heavy atom. The predicted octanol–water partition coefficient (Wildman–Crippen LogP) is 2.20. The molecular formula is C15H22N2O. The summed E-state index contributed by atoms with van der Waals surface area (Å²) in [5.41, 5.74) is 7.95. The first-order valence-corrected chi connectivity index (χ1v) is 6.84. The average Bonchev–Trinajstić information content (AvgIpc) is 2.40. The van der Waals surface area contributed by atoms with Crippen molar-refractivity contribution in [1.29, 1.82) is 0 Å². The number of amides is 1. The van der Waals surface area contributed by atoms with E-state index in [0.717, 1.165) is 44.3 Å². The lowest BCUT2D eigenvalue weighted by molar-refractivity contribution is 0.0715. The molecule has 98 valence electrons. The van der Waals surface area contributed by atoms with Crippen molar-refractivity contribution in [3.63, 3.8) is 0 Å². The second kappa shape index (κ2) is 6.01. The van der Waals surface area contributed by atoms with Gasteiger partial charge in [-0.1, -0.05) is 25.5 Å². The molecule has 3 nitrogen and oxygen atoms in total. The number of carbonyl (C=O) groups excluding carboxylic acids is 1. The van der Waals surface area contributed by atoms with Crippen molar-refractivity contribution in [2.24, 2.45) is 5.73 Å². The molecule has 2 N–H and O–H groups in total. The molecule has 1 aliphatic heterocycles. The number of nitrogens with two attached hydrogens (primary N) is 1. The second-order valence-electron chi connectivity index (χ2n) is 5.08. The Bertz CT molecular complexity index is 391. The molecule has 1 aromatic carbocycles. The standard InChI is InChI=1S/C15H22N2O/c1-2-3-12-4-6-13(7-5-12)15(18)17-10-8-14(16)9-11-17/h4-7,14H,2-3,8-11,16H2,1H3. The molecule has 2 rings (SSSR count). The maximum absolute atomic E-state index is 12.3. The largest absolute Gasteiger partial charge is 0.339 e. The fourth-order valence-corrected chi connectivity index (χ4v) is 2.39. The van der Waals surface area contributed by atoms with Gasteiger partial charge in [-0.2, -0.15) is 0 Å². The molecule has 1 saturated heterocycles. The van der Waals surface area contributed by atoms with Crippen molar-refractivity contribution in [3.05, 3.63) is 35.4 Å². The van der Waals surface area contributed by atoms with Crippen LogP contribution in [0.25, 0.3) is 0 Å². The number of carbonyl (C=O) groups is 1. The first kappa shape index (κ1) is 13.1. The number of rotatable bonds is 3. The topological polar surface area (TPSA) is 46.3 Å². The highest BCUT2D eigenvalue weighted by molar-refractivity contribution is 5.94. The van der Waals surface area contributed by atoms with Gasteiger partial charge in [-0.3, -0.25) is 4.79 Å². The van der Waals surface area contributed by atoms with Crippen molar-refractivity contribution < 1.29 is 4.79 Å². The van der Waals surface area contributed by atoms with Crippen molar-refractivity contribution in [2.45, 2.75) is 38.6 Å². The molecule has 0 saturated carbocycles. The molecule has 0 bridgehead atoms. The van der Waals surface area contributed by atoms with Gasteiger partial charge in [0, 0.05) is 24.7 Å². The van der Waals surface area contributed by atoms with E-state index < -0.39 is 0 Å². The Morgan fingerprint density at radius 2 is 1.89 bits per heavy atom. The van der Waals surface area contributed by atoms with Gasteiger partial charge >= 0.3 is 0 Å². The number of likely N-dealkylation sites (tertiary alicyclic amines) is 1. The van der Waals surface area contributed by atoms with E-state index in [1.54, 1.807) is 0 Å². The van der Waals surface area contributed by atoms with E-state index in [0.29, 0.717) is 0 Å². The number of piperidine rings is 1. The monoisotopic (exact) mass is 246 g/mol. The lowest BCUT2D eigenvalue weighted by Crippen LogP contribution is -2.42. The highest BCUT2D eigenvalue weighted by Gasteiger charge is 2.21. The Labute approximate surface area is 109 Å². The summed E-state index contributed by atoms with van der Waals surface area (Å²) in [4.78, 5) is 14.2. The van der Waals surface area contributed by atoms with Crippen LogP contribution >= 0.6 is 0 Å². The summed E-state index contributed by atoms with van der Waals surface area (Å²) in [6.07, 6.45) is 4.05. The van der Waals surface area contributed by atoms with Crippen LogP contribution in [0.1, 0.15) is 42.1 Å². The van der Waals surface area contributed by atoms with Crippen LogP contribution in [0.5, 0.6) is 0 Å². The maximum Gasteiger partial charge on any atom is 0.253 e. The molecule has 1 aromatic rings. The van der Waals surface area contributed by atoms with E-state index in [1.807, 2.05) is 17.0 Å². The lowest BCUT2D eigenvalue weighted by atomic mass is 10.0. The fraction of sp³-hybridized carbons (Fsp3) is 0.533. The van der Waals surface area contributed by atoms with Crippen molar-refractivity contribution in [3.8, 4) is 0 Å². The minimum absolute atomic E-state index is 0.143. The van der Waals surface area contributed by atoms with Crippen LogP contribution in [-0.2, 0) is 6.42 Å². The Kier molecular flexibility index (Phi) is 4.37. The van der Waals surface area contributed by atoms with Crippen LogP contribution in [0, 0.1) is 0 Å². The lowest BCUT2D eigenvalue weighted by Gasteiger charge is -2.30. The first-order valence-electron chi connectivity index (χ1n) is 6.84. The van der Waals surface area contributed by atoms with Gasteiger partial charge < -0.3 is 10.6 Å². The third-order valence-corrected chi connectivity index (χ3v) is 3.57. The first-order chi connectivity index (χ1) is 8.70. The molecule has 0 unspecified atom stereocenters. The summed E-state index contributed by atoms with van der Waals surface area (Å²) in [7, 11) is 0. The van der Waals surface area contributed by atoms with E-state index in [-0.39, 0.29) is 11.9 Å². The zero-order chi connectivity index (χ0) is 13.0. The minimum atomic E-state index is 0.143. The molecule has 3 heteroatoms. The van der Waals surface area contributed by atoms with Crippen LogP contribution in [0.4, 0.5) is 0 Å². The minimum Gasteiger partial charge on any atom is -0.339 e. The summed E-state index contributed by atoms with van der Waals surface area (Å²) in [6, 6.07) is 8.28. The van der Waals surface area contributed by atoms with Gasteiger partial charge in [0.05, 0.1) is 0 Å². The number of aryl methyl sites for hydroxylation is 1. The summed E-state index contributed by atoms with van der Waals surface area (Å²) < 4.78 is 0. The molecular weight excluding hydrogens is 224 g/mol. The quantitative estimate of drug-likeness (QED) is 0.888. The third-order valence-electron chi connectivity index (χ3n) is 3.57. The molecule has 1 amide bonds. The summed E-state index contributed by atoms with van der Waals surface area (Å²) in [5.74, 6) is 0.143. The van der Waals surface area contributed by atoms with Crippen LogP contribution in [0.3, 0.4) is 0 Å². The van der Waals surface area contributed by atoms with Crippen LogP contribution in [0.15, 0.2) is 24.3 Å². The summed E-state index contributed by atoms with van der Waals surface area (Å²) >= 11 is 0. The van der Waals surface area contributed by atoms with E-state index >= 15 is 0 Å². The fourth-order valence-electron chi connectivity index (χ4n) is 2.39. The number of nitrogens with zero attached hydrogens (tertiary/aromatic N) is 1. The Balaban J connectivity index is 2.00. The maximum atomic E-state index is 12.3. The average molecular weight is 246 g/mol. The van der Waals surface area contributed by atoms with Crippen molar-refractivity contribution in [1.82, 2.24) is 4.90 Å². The molecule has 0 spiro atoms. The third kappa shape index (κ3) is 3.10. The smallest absolute Gasteiger partial charge is 0.253 e. The van der Waals surface area contributed by atoms with Gasteiger partial charge in [0.25, 0.3) is 5.91 Å². The highest BCUT2D eigenvalue weighted by Crippen LogP contribution is 2.14. The van der Waals surface area contributed by atoms with Gasteiger partial charge in [-0.25, -0.2) is 0 Å². The van der Waals surface area contributed by atoms with Gasteiger partial charge in [0.2, 0.25) is 0 Å². The normalized spacial score (nSPS) is 16.9. The number of hydrogen-bond acceptors (Lipinski definition) is 2. The van der Waals surface area contributed by atoms with Crippen LogP contribution in [-0.4, -0.2) is 29.9 Å². The molecule has 0 aromatic heterocycles. The molecule has 1 aliphatic rings. The zero-order valence-electron chi connectivity index (χ0n) is 11.1. The second-order valence-corrected chi connectivity index (χ2v) is 5.08. The summed E-state index contributed by atoms with van der Waals surface area (Å²) in [6.45, 7) is 3.74. The van der Waals surface area contributed by atoms with E-state index in [1.165, 1.54) is 5.56 Å². The molecule has 1 heterocycles. The number of hydrogen-bond donors (Lipinski definition) is 1. The molecule has 0 aliphatic carbocycles. The van der Waals surface area contributed by atoms with E-state index in [4.69, 9.17) is 5.73 Å². The summed E-state index contributed by atoms with van der Waals surface area (Å²) in [5, 5.41) is 0. The molecule has 0 radical (unpaired) electrons. The number of benzene rings is 1. The van der Waals surface area contributed by atoms with Crippen molar-refractivity contribution in [2.75, 3.05) is 13.1 Å². The SMILES string of the molecule is CCCc1ccc(C(=O)N2CCC(N)CC2)cc1. The van der Waals surface area contributed by atoms with E-state index in [2.05, 4.69) is 19.1 Å².